The lowest BCUT2D eigenvalue weighted by Gasteiger charge is -2.27. The van der Waals surface area contributed by atoms with Gasteiger partial charge < -0.3 is 5.32 Å². The van der Waals surface area contributed by atoms with Gasteiger partial charge in [0.2, 0.25) is 0 Å². The third kappa shape index (κ3) is 4.12. The largest absolute Gasteiger partial charge is 0.384 e. The summed E-state index contributed by atoms with van der Waals surface area (Å²) in [6, 6.07) is 3.60. The van der Waals surface area contributed by atoms with E-state index in [0.29, 0.717) is 24.1 Å². The quantitative estimate of drug-likeness (QED) is 0.629. The molecule has 0 aliphatic heterocycles. The lowest BCUT2D eigenvalue weighted by atomic mass is 9.82. The molecule has 0 radical (unpaired) electrons. The summed E-state index contributed by atoms with van der Waals surface area (Å²) in [5.41, 5.74) is -0.302. The zero-order chi connectivity index (χ0) is 15.4. The predicted octanol–water partition coefficient (Wildman–Crippen LogP) is 4.77. The van der Waals surface area contributed by atoms with Gasteiger partial charge in [0, 0.05) is 29.9 Å². The summed E-state index contributed by atoms with van der Waals surface area (Å²) in [6.45, 7) is 2.85. The molecule has 1 saturated carbocycles. The maximum absolute atomic E-state index is 13.0. The molecule has 4 nitrogen and oxygen atoms in total. The molecule has 0 spiro atoms. The average Bonchev–Trinajstić information content (AvgIpc) is 2.44. The number of benzene rings is 1. The lowest BCUT2D eigenvalue weighted by molar-refractivity contribution is -0.385. The van der Waals surface area contributed by atoms with Gasteiger partial charge in [0.05, 0.1) is 4.92 Å². The second-order valence-electron chi connectivity index (χ2n) is 5.85. The zero-order valence-corrected chi connectivity index (χ0v) is 12.0. The Morgan fingerprint density at radius 1 is 1.43 bits per heavy atom. The van der Waals surface area contributed by atoms with E-state index in [9.17, 15) is 18.9 Å². The van der Waals surface area contributed by atoms with Gasteiger partial charge in [0.1, 0.15) is 0 Å². The van der Waals surface area contributed by atoms with Gasteiger partial charge in [-0.15, -0.1) is 0 Å². The highest BCUT2D eigenvalue weighted by Crippen LogP contribution is 2.32. The van der Waals surface area contributed by atoms with Crippen LogP contribution in [0.3, 0.4) is 0 Å². The van der Waals surface area contributed by atoms with Crippen molar-refractivity contribution < 1.29 is 13.7 Å². The van der Waals surface area contributed by atoms with Crippen LogP contribution in [0.25, 0.3) is 0 Å². The van der Waals surface area contributed by atoms with Crippen molar-refractivity contribution in [3.8, 4) is 0 Å². The van der Waals surface area contributed by atoms with Gasteiger partial charge in [0.15, 0.2) is 0 Å². The Labute approximate surface area is 122 Å². The molecule has 0 amide bonds. The first-order valence-electron chi connectivity index (χ1n) is 7.27. The summed E-state index contributed by atoms with van der Waals surface area (Å²) >= 11 is 0. The summed E-state index contributed by atoms with van der Waals surface area (Å²) in [4.78, 5) is 10.0. The number of halogens is 2. The fourth-order valence-corrected chi connectivity index (χ4v) is 3.00. The SMILES string of the molecule is CC1CCCC(CNc2ccc([N+](=O)[O-])cc2C(F)F)C1. The first kappa shape index (κ1) is 15.7. The van der Waals surface area contributed by atoms with E-state index in [1.807, 2.05) is 0 Å². The van der Waals surface area contributed by atoms with Crippen LogP contribution in [0.5, 0.6) is 0 Å². The van der Waals surface area contributed by atoms with Crippen LogP contribution in [0.2, 0.25) is 0 Å². The number of nitrogens with zero attached hydrogens (tertiary/aromatic N) is 1. The summed E-state index contributed by atoms with van der Waals surface area (Å²) in [5, 5.41) is 13.7. The van der Waals surface area contributed by atoms with Gasteiger partial charge in [-0.25, -0.2) is 8.78 Å². The number of hydrogen-bond donors (Lipinski definition) is 1. The third-order valence-electron chi connectivity index (χ3n) is 4.11. The van der Waals surface area contributed by atoms with E-state index in [4.69, 9.17) is 0 Å². The van der Waals surface area contributed by atoms with Crippen molar-refractivity contribution in [2.45, 2.75) is 39.0 Å². The first-order chi connectivity index (χ1) is 9.97. The molecule has 6 heteroatoms. The van der Waals surface area contributed by atoms with Crippen molar-refractivity contribution in [3.05, 3.63) is 33.9 Å². The Morgan fingerprint density at radius 2 is 2.19 bits per heavy atom. The highest BCUT2D eigenvalue weighted by molar-refractivity contribution is 5.56. The van der Waals surface area contributed by atoms with Gasteiger partial charge in [-0.05, 0) is 30.7 Å². The van der Waals surface area contributed by atoms with E-state index in [1.165, 1.54) is 25.0 Å². The molecule has 1 aliphatic rings. The van der Waals surface area contributed by atoms with Crippen LogP contribution >= 0.6 is 0 Å². The van der Waals surface area contributed by atoms with Gasteiger partial charge in [-0.2, -0.15) is 0 Å². The van der Waals surface area contributed by atoms with Crippen molar-refractivity contribution in [2.24, 2.45) is 11.8 Å². The normalized spacial score (nSPS) is 22.3. The molecule has 2 rings (SSSR count). The highest BCUT2D eigenvalue weighted by Gasteiger charge is 2.21. The second-order valence-corrected chi connectivity index (χ2v) is 5.85. The van der Waals surface area contributed by atoms with E-state index < -0.39 is 11.3 Å². The van der Waals surface area contributed by atoms with Crippen molar-refractivity contribution in [1.29, 1.82) is 0 Å². The van der Waals surface area contributed by atoms with Gasteiger partial charge in [0.25, 0.3) is 12.1 Å². The smallest absolute Gasteiger partial charge is 0.270 e. The highest BCUT2D eigenvalue weighted by atomic mass is 19.3. The molecule has 1 aromatic carbocycles. The van der Waals surface area contributed by atoms with Crippen molar-refractivity contribution >= 4 is 11.4 Å². The fourth-order valence-electron chi connectivity index (χ4n) is 3.00. The maximum Gasteiger partial charge on any atom is 0.270 e. The minimum atomic E-state index is -2.72. The molecule has 2 atom stereocenters. The summed E-state index contributed by atoms with van der Waals surface area (Å²) in [5.74, 6) is 1.16. The van der Waals surface area contributed by atoms with Crippen LogP contribution in [0.4, 0.5) is 20.2 Å². The average molecular weight is 298 g/mol. The fraction of sp³-hybridized carbons (Fsp3) is 0.600. The molecule has 0 bridgehead atoms. The number of nitrogens with one attached hydrogen (secondary N) is 1. The summed E-state index contributed by atoms with van der Waals surface area (Å²) in [7, 11) is 0. The van der Waals surface area contributed by atoms with Crippen LogP contribution in [0.1, 0.15) is 44.6 Å². The Kier molecular flexibility index (Phi) is 5.09. The van der Waals surface area contributed by atoms with Gasteiger partial charge in [-0.1, -0.05) is 19.8 Å². The summed E-state index contributed by atoms with van der Waals surface area (Å²) < 4.78 is 26.1. The number of non-ortho nitro benzene ring substituents is 1. The Morgan fingerprint density at radius 3 is 2.81 bits per heavy atom. The van der Waals surface area contributed by atoms with Gasteiger partial charge >= 0.3 is 0 Å². The molecule has 2 unspecified atom stereocenters. The minimum absolute atomic E-state index is 0.298. The molecule has 1 fully saturated rings. The molecule has 1 aromatic rings. The Balaban J connectivity index is 2.06. The zero-order valence-electron chi connectivity index (χ0n) is 12.0. The number of anilines is 1. The number of nitro groups is 1. The van der Waals surface area contributed by atoms with Crippen molar-refractivity contribution in [3.63, 3.8) is 0 Å². The lowest BCUT2D eigenvalue weighted by Crippen LogP contribution is -2.21. The Bertz CT molecular complexity index is 508. The molecule has 0 heterocycles. The van der Waals surface area contributed by atoms with E-state index in [2.05, 4.69) is 12.2 Å². The summed E-state index contributed by atoms with van der Waals surface area (Å²) in [6.07, 6.45) is 1.89. The molecule has 1 aliphatic carbocycles. The maximum atomic E-state index is 13.0. The number of alkyl halides is 2. The number of hydrogen-bond acceptors (Lipinski definition) is 3. The van der Waals surface area contributed by atoms with Crippen LogP contribution in [-0.4, -0.2) is 11.5 Å². The number of nitro benzene ring substituents is 1. The topological polar surface area (TPSA) is 55.2 Å². The Hall–Kier alpha value is -1.72. The van der Waals surface area contributed by atoms with Crippen LogP contribution in [0, 0.1) is 22.0 Å². The van der Waals surface area contributed by atoms with Crippen molar-refractivity contribution in [2.75, 3.05) is 11.9 Å². The first-order valence-corrected chi connectivity index (χ1v) is 7.27. The third-order valence-corrected chi connectivity index (χ3v) is 4.11. The molecular weight excluding hydrogens is 278 g/mol. The molecule has 116 valence electrons. The van der Waals surface area contributed by atoms with Crippen LogP contribution in [0.15, 0.2) is 18.2 Å². The minimum Gasteiger partial charge on any atom is -0.384 e. The predicted molar refractivity (Wildman–Crippen MR) is 77.7 cm³/mol. The van der Waals surface area contributed by atoms with E-state index in [1.54, 1.807) is 0 Å². The standard InChI is InChI=1S/C15H20F2N2O2/c1-10-3-2-4-11(7-10)9-18-14-6-5-12(19(20)21)8-13(14)15(16)17/h5-6,8,10-11,15,18H,2-4,7,9H2,1H3. The van der Waals surface area contributed by atoms with Crippen LogP contribution < -0.4 is 5.32 Å². The molecule has 1 N–H and O–H groups in total. The monoisotopic (exact) mass is 298 g/mol. The molecular formula is C15H20F2N2O2. The molecule has 0 saturated heterocycles. The molecule has 21 heavy (non-hydrogen) atoms. The second kappa shape index (κ2) is 6.83. The van der Waals surface area contributed by atoms with E-state index in [-0.39, 0.29) is 11.3 Å². The van der Waals surface area contributed by atoms with Crippen molar-refractivity contribution in [1.82, 2.24) is 0 Å². The van der Waals surface area contributed by atoms with Crippen LogP contribution in [-0.2, 0) is 0 Å². The van der Waals surface area contributed by atoms with E-state index >= 15 is 0 Å². The molecule has 0 aromatic heterocycles. The van der Waals surface area contributed by atoms with E-state index in [0.717, 1.165) is 18.9 Å². The number of rotatable bonds is 5. The van der Waals surface area contributed by atoms with Gasteiger partial charge in [-0.3, -0.25) is 10.1 Å².